The Bertz CT molecular complexity index is 582. The number of halogens is 1. The molecule has 0 aromatic carbocycles. The summed E-state index contributed by atoms with van der Waals surface area (Å²) in [5.74, 6) is -0.352. The van der Waals surface area contributed by atoms with Crippen LogP contribution in [-0.2, 0) is 15.0 Å². The molecule has 8 heteroatoms. The quantitative estimate of drug-likeness (QED) is 0.733. The van der Waals surface area contributed by atoms with Gasteiger partial charge in [-0.3, -0.25) is 9.69 Å². The number of nitrogens with zero attached hydrogens (tertiary/aromatic N) is 3. The van der Waals surface area contributed by atoms with E-state index in [1.165, 1.54) is 0 Å². The van der Waals surface area contributed by atoms with Crippen LogP contribution in [-0.4, -0.2) is 36.1 Å². The average Bonchev–Trinajstić information content (AvgIpc) is 2.58. The zero-order valence-electron chi connectivity index (χ0n) is 9.92. The number of amides is 1. The predicted octanol–water partition coefficient (Wildman–Crippen LogP) is 0.498. The molecule has 1 saturated heterocycles. The normalized spacial score (nSPS) is 20.5. The zero-order chi connectivity index (χ0) is 13.5. The summed E-state index contributed by atoms with van der Waals surface area (Å²) in [7, 11) is -4.71. The highest BCUT2D eigenvalue weighted by molar-refractivity contribution is 7.87. The van der Waals surface area contributed by atoms with Gasteiger partial charge in [0.15, 0.2) is 0 Å². The number of aryl methyl sites for hydroxylation is 2. The van der Waals surface area contributed by atoms with Crippen LogP contribution in [0.4, 0.5) is 9.83 Å². The lowest BCUT2D eigenvalue weighted by atomic mass is 10.3. The number of hydrogen-bond acceptors (Lipinski definition) is 5. The van der Waals surface area contributed by atoms with Crippen LogP contribution >= 0.6 is 0 Å². The van der Waals surface area contributed by atoms with E-state index in [2.05, 4.69) is 9.97 Å². The first-order valence-corrected chi connectivity index (χ1v) is 6.78. The third-order valence-corrected chi connectivity index (χ3v) is 3.81. The maximum atomic E-state index is 12.9. The molecule has 1 fully saturated rings. The van der Waals surface area contributed by atoms with Crippen molar-refractivity contribution in [3.63, 3.8) is 0 Å². The second-order valence-electron chi connectivity index (χ2n) is 4.26. The minimum atomic E-state index is -4.71. The van der Waals surface area contributed by atoms with Crippen molar-refractivity contribution < 1.29 is 17.1 Å². The van der Waals surface area contributed by atoms with E-state index in [4.69, 9.17) is 0 Å². The maximum absolute atomic E-state index is 12.9. The molecule has 1 aromatic rings. The van der Waals surface area contributed by atoms with Crippen LogP contribution in [0, 0.1) is 13.8 Å². The zero-order valence-corrected chi connectivity index (χ0v) is 10.7. The molecule has 1 aliphatic rings. The number of carbonyl (C=O) groups excluding carboxylic acids is 1. The van der Waals surface area contributed by atoms with Gasteiger partial charge in [0, 0.05) is 24.4 Å². The number of aromatic nitrogens is 2. The minimum absolute atomic E-state index is 0.128. The summed E-state index contributed by atoms with van der Waals surface area (Å²) in [5.41, 5.74) is 1.33. The lowest BCUT2D eigenvalue weighted by molar-refractivity contribution is -0.117. The molecule has 0 bridgehead atoms. The molecular formula is C10H12FN3O3S. The molecule has 18 heavy (non-hydrogen) atoms. The highest BCUT2D eigenvalue weighted by Gasteiger charge is 2.40. The molecule has 1 amide bonds. The van der Waals surface area contributed by atoms with E-state index in [9.17, 15) is 17.1 Å². The molecule has 0 radical (unpaired) electrons. The molecular weight excluding hydrogens is 261 g/mol. The summed E-state index contributed by atoms with van der Waals surface area (Å²) in [6.45, 7) is 3.24. The number of hydrogen-bond donors (Lipinski definition) is 0. The second-order valence-corrected chi connectivity index (χ2v) is 5.87. The van der Waals surface area contributed by atoms with Gasteiger partial charge in [0.1, 0.15) is 5.25 Å². The molecule has 0 aliphatic carbocycles. The van der Waals surface area contributed by atoms with Crippen molar-refractivity contribution in [2.75, 3.05) is 11.4 Å². The van der Waals surface area contributed by atoms with Crippen LogP contribution in [0.2, 0.25) is 0 Å². The highest BCUT2D eigenvalue weighted by Crippen LogP contribution is 2.23. The van der Waals surface area contributed by atoms with E-state index in [0.29, 0.717) is 11.4 Å². The SMILES string of the molecule is Cc1cc(C)nc(N2CC(S(=O)(=O)F)CC2=O)n1. The van der Waals surface area contributed by atoms with Crippen molar-refractivity contribution in [3.8, 4) is 0 Å². The Morgan fingerprint density at radius 1 is 1.33 bits per heavy atom. The van der Waals surface area contributed by atoms with Crippen LogP contribution in [0.15, 0.2) is 6.07 Å². The third kappa shape index (κ3) is 2.47. The summed E-state index contributed by atoms with van der Waals surface area (Å²) in [6, 6.07) is 1.73. The van der Waals surface area contributed by atoms with Crippen LogP contribution in [0.5, 0.6) is 0 Å². The van der Waals surface area contributed by atoms with E-state index >= 15 is 0 Å². The summed E-state index contributed by atoms with van der Waals surface area (Å²) in [4.78, 5) is 20.9. The molecule has 1 aliphatic heterocycles. The summed E-state index contributed by atoms with van der Waals surface area (Å²) in [5, 5.41) is -1.32. The predicted molar refractivity (Wildman–Crippen MR) is 62.3 cm³/mol. The molecule has 6 nitrogen and oxygen atoms in total. The smallest absolute Gasteiger partial charge is 0.279 e. The Balaban J connectivity index is 2.32. The topological polar surface area (TPSA) is 80.2 Å². The van der Waals surface area contributed by atoms with E-state index in [0.717, 1.165) is 4.90 Å². The van der Waals surface area contributed by atoms with Gasteiger partial charge in [-0.2, -0.15) is 8.42 Å². The Hall–Kier alpha value is -1.57. The van der Waals surface area contributed by atoms with E-state index < -0.39 is 21.4 Å². The Labute approximate surface area is 104 Å². The number of carbonyl (C=O) groups is 1. The molecule has 1 unspecified atom stereocenters. The second kappa shape index (κ2) is 4.27. The Morgan fingerprint density at radius 3 is 2.33 bits per heavy atom. The van der Waals surface area contributed by atoms with E-state index in [1.54, 1.807) is 19.9 Å². The lowest BCUT2D eigenvalue weighted by Crippen LogP contribution is -2.29. The number of anilines is 1. The molecule has 0 spiro atoms. The highest BCUT2D eigenvalue weighted by atomic mass is 32.3. The molecule has 2 rings (SSSR count). The molecule has 98 valence electrons. The number of rotatable bonds is 2. The van der Waals surface area contributed by atoms with Crippen molar-refractivity contribution in [1.82, 2.24) is 9.97 Å². The minimum Gasteiger partial charge on any atom is -0.279 e. The van der Waals surface area contributed by atoms with Crippen molar-refractivity contribution >= 4 is 22.1 Å². The first kappa shape index (κ1) is 12.9. The third-order valence-electron chi connectivity index (χ3n) is 2.70. The van der Waals surface area contributed by atoms with Gasteiger partial charge in [0.2, 0.25) is 11.9 Å². The van der Waals surface area contributed by atoms with Gasteiger partial charge in [0.25, 0.3) is 0 Å². The van der Waals surface area contributed by atoms with Crippen molar-refractivity contribution in [3.05, 3.63) is 17.5 Å². The van der Waals surface area contributed by atoms with E-state index in [-0.39, 0.29) is 18.9 Å². The first-order chi connectivity index (χ1) is 8.27. The van der Waals surface area contributed by atoms with Gasteiger partial charge in [0.05, 0.1) is 0 Å². The van der Waals surface area contributed by atoms with Gasteiger partial charge in [-0.25, -0.2) is 9.97 Å². The van der Waals surface area contributed by atoms with Crippen LogP contribution in [0.1, 0.15) is 17.8 Å². The largest absolute Gasteiger partial charge is 0.307 e. The Morgan fingerprint density at radius 2 is 1.89 bits per heavy atom. The Kier molecular flexibility index (Phi) is 3.05. The van der Waals surface area contributed by atoms with Crippen molar-refractivity contribution in [2.24, 2.45) is 0 Å². The van der Waals surface area contributed by atoms with Crippen LogP contribution < -0.4 is 4.90 Å². The molecule has 1 aromatic heterocycles. The van der Waals surface area contributed by atoms with Gasteiger partial charge in [-0.15, -0.1) is 3.89 Å². The fourth-order valence-electron chi connectivity index (χ4n) is 1.88. The van der Waals surface area contributed by atoms with E-state index in [1.807, 2.05) is 0 Å². The summed E-state index contributed by atoms with van der Waals surface area (Å²) in [6.07, 6.45) is -0.366. The van der Waals surface area contributed by atoms with Crippen molar-refractivity contribution in [1.29, 1.82) is 0 Å². The standard InChI is InChI=1S/C10H12FN3O3S/c1-6-3-7(2)13-10(12-6)14-5-8(4-9(14)15)18(11,16)17/h3,8H,4-5H2,1-2H3. The maximum Gasteiger partial charge on any atom is 0.307 e. The molecule has 1 atom stereocenters. The van der Waals surface area contributed by atoms with Crippen molar-refractivity contribution in [2.45, 2.75) is 25.5 Å². The fourth-order valence-corrected chi connectivity index (χ4v) is 2.55. The van der Waals surface area contributed by atoms with Gasteiger partial charge in [-0.1, -0.05) is 0 Å². The summed E-state index contributed by atoms with van der Waals surface area (Å²) >= 11 is 0. The molecule has 0 saturated carbocycles. The summed E-state index contributed by atoms with van der Waals surface area (Å²) < 4.78 is 34.5. The first-order valence-electron chi connectivity index (χ1n) is 5.33. The van der Waals surface area contributed by atoms with Crippen LogP contribution in [0.3, 0.4) is 0 Å². The monoisotopic (exact) mass is 273 g/mol. The van der Waals surface area contributed by atoms with Crippen LogP contribution in [0.25, 0.3) is 0 Å². The van der Waals surface area contributed by atoms with Gasteiger partial charge < -0.3 is 0 Å². The lowest BCUT2D eigenvalue weighted by Gasteiger charge is -2.14. The van der Waals surface area contributed by atoms with Gasteiger partial charge >= 0.3 is 10.2 Å². The van der Waals surface area contributed by atoms with Gasteiger partial charge in [-0.05, 0) is 19.9 Å². The molecule has 2 heterocycles. The fraction of sp³-hybridized carbons (Fsp3) is 0.500. The molecule has 0 N–H and O–H groups in total. The average molecular weight is 273 g/mol.